The van der Waals surface area contributed by atoms with Crippen LogP contribution < -0.4 is 15.8 Å². The Kier molecular flexibility index (Phi) is 3.72. The molecule has 0 atom stereocenters. The number of ether oxygens (including phenoxy) is 1. The fourth-order valence-electron chi connectivity index (χ4n) is 1.52. The number of halogens is 1. The number of nitrogens with one attached hydrogen (secondary N) is 1. The van der Waals surface area contributed by atoms with Crippen LogP contribution in [0.25, 0.3) is 0 Å². The van der Waals surface area contributed by atoms with Crippen molar-refractivity contribution in [3.63, 3.8) is 0 Å². The lowest BCUT2D eigenvalue weighted by Crippen LogP contribution is -2.01. The van der Waals surface area contributed by atoms with Gasteiger partial charge in [-0.1, -0.05) is 22.0 Å². The number of methoxy groups -OCH3 is 1. The van der Waals surface area contributed by atoms with Gasteiger partial charge in [-0.2, -0.15) is 4.98 Å². The summed E-state index contributed by atoms with van der Waals surface area (Å²) in [6.07, 6.45) is 0. The van der Waals surface area contributed by atoms with Crippen LogP contribution in [0.3, 0.4) is 0 Å². The zero-order valence-electron chi connectivity index (χ0n) is 10.2. The number of hydrogen-bond acceptors (Lipinski definition) is 4. The summed E-state index contributed by atoms with van der Waals surface area (Å²) < 4.78 is 6.08. The van der Waals surface area contributed by atoms with Gasteiger partial charge in [-0.15, -0.1) is 0 Å². The van der Waals surface area contributed by atoms with Gasteiger partial charge in [-0.25, -0.2) is 0 Å². The summed E-state index contributed by atoms with van der Waals surface area (Å²) >= 11 is 3.44. The zero-order valence-corrected chi connectivity index (χ0v) is 11.8. The third kappa shape index (κ3) is 2.73. The molecule has 0 unspecified atom stereocenters. The van der Waals surface area contributed by atoms with Crippen molar-refractivity contribution in [2.75, 3.05) is 18.2 Å². The number of hydrogen-bond donors (Lipinski definition) is 2. The molecule has 2 rings (SSSR count). The normalized spacial score (nSPS) is 10.2. The van der Waals surface area contributed by atoms with E-state index >= 15 is 0 Å². The van der Waals surface area contributed by atoms with Gasteiger partial charge in [-0.05, 0) is 30.7 Å². The van der Waals surface area contributed by atoms with Crippen molar-refractivity contribution >= 4 is 33.1 Å². The average molecular weight is 308 g/mol. The Bertz CT molecular complexity index is 572. The number of aromatic nitrogens is 1. The fourth-order valence-corrected chi connectivity index (χ4v) is 1.88. The smallest absolute Gasteiger partial charge is 0.215 e. The minimum Gasteiger partial charge on any atom is -0.481 e. The lowest BCUT2D eigenvalue weighted by atomic mass is 10.2. The van der Waals surface area contributed by atoms with Crippen LogP contribution in [0.1, 0.15) is 5.56 Å². The molecular weight excluding hydrogens is 294 g/mol. The zero-order chi connectivity index (χ0) is 13.1. The fraction of sp³-hybridized carbons (Fsp3) is 0.154. The quantitative estimate of drug-likeness (QED) is 0.911. The van der Waals surface area contributed by atoms with Crippen LogP contribution in [-0.2, 0) is 0 Å². The minimum atomic E-state index is 0.527. The highest BCUT2D eigenvalue weighted by atomic mass is 79.9. The van der Waals surface area contributed by atoms with Crippen LogP contribution in [0.2, 0.25) is 0 Å². The van der Waals surface area contributed by atoms with Gasteiger partial charge < -0.3 is 15.8 Å². The van der Waals surface area contributed by atoms with E-state index in [0.717, 1.165) is 15.7 Å². The van der Waals surface area contributed by atoms with E-state index in [9.17, 15) is 0 Å². The van der Waals surface area contributed by atoms with E-state index in [0.29, 0.717) is 17.4 Å². The standard InChI is InChI=1S/C13H14BrN3O/c1-8-3-4-9(14)7-11(8)16-13-10(15)5-6-12(17-13)18-2/h3-7H,15H2,1-2H3,(H,16,17). The van der Waals surface area contributed by atoms with Gasteiger partial charge in [0.2, 0.25) is 5.88 Å². The second kappa shape index (κ2) is 5.27. The van der Waals surface area contributed by atoms with Crippen LogP contribution in [0.5, 0.6) is 5.88 Å². The Balaban J connectivity index is 2.36. The number of nitrogens with two attached hydrogens (primary N) is 1. The maximum Gasteiger partial charge on any atom is 0.215 e. The SMILES string of the molecule is COc1ccc(N)c(Nc2cc(Br)ccc2C)n1. The largest absolute Gasteiger partial charge is 0.481 e. The molecule has 1 aromatic carbocycles. The van der Waals surface area contributed by atoms with Crippen molar-refractivity contribution in [3.05, 3.63) is 40.4 Å². The maximum atomic E-state index is 5.89. The number of aryl methyl sites for hydroxylation is 1. The van der Waals surface area contributed by atoms with Crippen molar-refractivity contribution in [3.8, 4) is 5.88 Å². The Morgan fingerprint density at radius 3 is 2.78 bits per heavy atom. The van der Waals surface area contributed by atoms with Crippen molar-refractivity contribution in [2.45, 2.75) is 6.92 Å². The van der Waals surface area contributed by atoms with E-state index in [4.69, 9.17) is 10.5 Å². The van der Waals surface area contributed by atoms with E-state index in [-0.39, 0.29) is 0 Å². The Hall–Kier alpha value is -1.75. The highest BCUT2D eigenvalue weighted by molar-refractivity contribution is 9.10. The van der Waals surface area contributed by atoms with Crippen LogP contribution >= 0.6 is 15.9 Å². The van der Waals surface area contributed by atoms with Gasteiger partial charge in [0.05, 0.1) is 12.8 Å². The van der Waals surface area contributed by atoms with Gasteiger partial charge in [0.15, 0.2) is 5.82 Å². The Morgan fingerprint density at radius 2 is 2.06 bits per heavy atom. The van der Waals surface area contributed by atoms with Crippen molar-refractivity contribution in [1.29, 1.82) is 0 Å². The second-order valence-corrected chi connectivity index (χ2v) is 4.79. The number of rotatable bonds is 3. The van der Waals surface area contributed by atoms with Gasteiger partial charge in [0.25, 0.3) is 0 Å². The Labute approximate surface area is 114 Å². The summed E-state index contributed by atoms with van der Waals surface area (Å²) in [6.45, 7) is 2.02. The highest BCUT2D eigenvalue weighted by Crippen LogP contribution is 2.27. The molecule has 0 aliphatic heterocycles. The topological polar surface area (TPSA) is 60.2 Å². The third-order valence-corrected chi connectivity index (χ3v) is 3.06. The summed E-state index contributed by atoms with van der Waals surface area (Å²) in [6, 6.07) is 9.48. The number of pyridine rings is 1. The Morgan fingerprint density at radius 1 is 1.28 bits per heavy atom. The molecule has 3 N–H and O–H groups in total. The van der Waals surface area contributed by atoms with E-state index in [1.807, 2.05) is 25.1 Å². The monoisotopic (exact) mass is 307 g/mol. The lowest BCUT2D eigenvalue weighted by Gasteiger charge is -2.12. The van der Waals surface area contributed by atoms with Crippen LogP contribution in [0, 0.1) is 6.92 Å². The van der Waals surface area contributed by atoms with Crippen LogP contribution in [-0.4, -0.2) is 12.1 Å². The molecule has 0 amide bonds. The van der Waals surface area contributed by atoms with E-state index in [1.54, 1.807) is 19.2 Å². The molecule has 2 aromatic rings. The first kappa shape index (κ1) is 12.7. The number of anilines is 3. The molecule has 4 nitrogen and oxygen atoms in total. The van der Waals surface area contributed by atoms with E-state index in [2.05, 4.69) is 26.2 Å². The first-order chi connectivity index (χ1) is 8.60. The molecule has 0 aliphatic carbocycles. The van der Waals surface area contributed by atoms with Gasteiger partial charge in [0.1, 0.15) is 0 Å². The summed E-state index contributed by atoms with van der Waals surface area (Å²) in [5.41, 5.74) is 8.54. The van der Waals surface area contributed by atoms with Crippen LogP contribution in [0.15, 0.2) is 34.8 Å². The van der Waals surface area contributed by atoms with Crippen molar-refractivity contribution in [2.24, 2.45) is 0 Å². The molecule has 0 aliphatic rings. The predicted octanol–water partition coefficient (Wildman–Crippen LogP) is 3.49. The molecule has 0 fully saturated rings. The van der Waals surface area contributed by atoms with Gasteiger partial charge in [0, 0.05) is 16.2 Å². The molecule has 18 heavy (non-hydrogen) atoms. The predicted molar refractivity (Wildman–Crippen MR) is 77.4 cm³/mol. The number of benzene rings is 1. The maximum absolute atomic E-state index is 5.89. The second-order valence-electron chi connectivity index (χ2n) is 3.88. The first-order valence-electron chi connectivity index (χ1n) is 5.44. The summed E-state index contributed by atoms with van der Waals surface area (Å²) in [7, 11) is 1.58. The van der Waals surface area contributed by atoms with E-state index in [1.165, 1.54) is 0 Å². The molecular formula is C13H14BrN3O. The van der Waals surface area contributed by atoms with Gasteiger partial charge >= 0.3 is 0 Å². The summed E-state index contributed by atoms with van der Waals surface area (Å²) in [4.78, 5) is 4.28. The lowest BCUT2D eigenvalue weighted by molar-refractivity contribution is 0.398. The molecule has 94 valence electrons. The van der Waals surface area contributed by atoms with Crippen molar-refractivity contribution < 1.29 is 4.74 Å². The average Bonchev–Trinajstić information content (AvgIpc) is 2.36. The minimum absolute atomic E-state index is 0.527. The molecule has 1 aromatic heterocycles. The number of nitrogen functional groups attached to an aromatic ring is 1. The molecule has 1 heterocycles. The molecule has 0 saturated carbocycles. The third-order valence-electron chi connectivity index (χ3n) is 2.56. The number of nitrogens with zero attached hydrogens (tertiary/aromatic N) is 1. The van der Waals surface area contributed by atoms with Crippen LogP contribution in [0.4, 0.5) is 17.2 Å². The van der Waals surface area contributed by atoms with Gasteiger partial charge in [-0.3, -0.25) is 0 Å². The molecule has 0 radical (unpaired) electrons. The summed E-state index contributed by atoms with van der Waals surface area (Å²) in [5.74, 6) is 1.12. The van der Waals surface area contributed by atoms with Crippen molar-refractivity contribution in [1.82, 2.24) is 4.98 Å². The molecule has 0 saturated heterocycles. The first-order valence-corrected chi connectivity index (χ1v) is 6.23. The molecule has 5 heteroatoms. The molecule has 0 spiro atoms. The summed E-state index contributed by atoms with van der Waals surface area (Å²) in [5, 5.41) is 3.21. The molecule has 0 bridgehead atoms. The van der Waals surface area contributed by atoms with E-state index < -0.39 is 0 Å². The highest BCUT2D eigenvalue weighted by Gasteiger charge is 2.06.